The molecule has 1 aromatic rings. The van der Waals surface area contributed by atoms with Gasteiger partial charge in [0.25, 0.3) is 0 Å². The number of benzene rings is 1. The first-order valence-corrected chi connectivity index (χ1v) is 3.63. The van der Waals surface area contributed by atoms with Crippen LogP contribution in [-0.2, 0) is 6.42 Å². The highest BCUT2D eigenvalue weighted by Gasteiger charge is 1.95. The van der Waals surface area contributed by atoms with Gasteiger partial charge in [0.15, 0.2) is 0 Å². The summed E-state index contributed by atoms with van der Waals surface area (Å²) in [4.78, 5) is 0. The molecule has 0 saturated heterocycles. The molecule has 0 aliphatic heterocycles. The van der Waals surface area contributed by atoms with Crippen molar-refractivity contribution >= 4 is 0 Å². The zero-order valence-corrected chi connectivity index (χ0v) is 6.38. The van der Waals surface area contributed by atoms with E-state index in [4.69, 9.17) is 12.2 Å². The highest BCUT2D eigenvalue weighted by atomic mass is 14.5. The summed E-state index contributed by atoms with van der Waals surface area (Å²) < 4.78 is 0. The molecule has 11 heavy (non-hydrogen) atoms. The SMILES string of the molecule is C#Cc1ccccc1CCN. The van der Waals surface area contributed by atoms with Crippen molar-refractivity contribution in [3.63, 3.8) is 0 Å². The fourth-order valence-electron chi connectivity index (χ4n) is 1.03. The number of rotatable bonds is 2. The summed E-state index contributed by atoms with van der Waals surface area (Å²) in [6.07, 6.45) is 6.15. The highest BCUT2D eigenvalue weighted by molar-refractivity contribution is 5.39. The van der Waals surface area contributed by atoms with Gasteiger partial charge in [-0.3, -0.25) is 0 Å². The Kier molecular flexibility index (Phi) is 2.71. The van der Waals surface area contributed by atoms with E-state index in [1.54, 1.807) is 0 Å². The molecule has 0 saturated carbocycles. The minimum Gasteiger partial charge on any atom is -0.330 e. The molecule has 0 atom stereocenters. The highest BCUT2D eigenvalue weighted by Crippen LogP contribution is 2.06. The minimum atomic E-state index is 0.651. The molecule has 0 spiro atoms. The second kappa shape index (κ2) is 3.80. The lowest BCUT2D eigenvalue weighted by molar-refractivity contribution is 0.965. The van der Waals surface area contributed by atoms with Gasteiger partial charge in [0.05, 0.1) is 0 Å². The van der Waals surface area contributed by atoms with Crippen molar-refractivity contribution in [3.05, 3.63) is 35.4 Å². The zero-order chi connectivity index (χ0) is 8.10. The predicted octanol–water partition coefficient (Wildman–Crippen LogP) is 1.17. The second-order valence-corrected chi connectivity index (χ2v) is 2.34. The van der Waals surface area contributed by atoms with E-state index in [9.17, 15) is 0 Å². The molecule has 56 valence electrons. The van der Waals surface area contributed by atoms with Crippen LogP contribution in [0.3, 0.4) is 0 Å². The molecule has 0 amide bonds. The fourth-order valence-corrected chi connectivity index (χ4v) is 1.03. The van der Waals surface area contributed by atoms with Gasteiger partial charge in [-0.1, -0.05) is 24.1 Å². The van der Waals surface area contributed by atoms with Gasteiger partial charge < -0.3 is 5.73 Å². The number of terminal acetylenes is 1. The summed E-state index contributed by atoms with van der Waals surface area (Å²) in [6.45, 7) is 0.651. The Morgan fingerprint density at radius 3 is 2.73 bits per heavy atom. The molecule has 0 radical (unpaired) electrons. The molecule has 0 heterocycles. The van der Waals surface area contributed by atoms with Gasteiger partial charge in [-0.15, -0.1) is 6.42 Å². The van der Waals surface area contributed by atoms with Gasteiger partial charge in [-0.25, -0.2) is 0 Å². The van der Waals surface area contributed by atoms with Crippen LogP contribution in [0.1, 0.15) is 11.1 Å². The Balaban J connectivity index is 2.95. The van der Waals surface area contributed by atoms with Gasteiger partial charge in [0.2, 0.25) is 0 Å². The molecule has 1 aromatic carbocycles. The van der Waals surface area contributed by atoms with Crippen LogP contribution in [0.4, 0.5) is 0 Å². The first kappa shape index (κ1) is 7.84. The van der Waals surface area contributed by atoms with Crippen molar-refractivity contribution < 1.29 is 0 Å². The lowest BCUT2D eigenvalue weighted by atomic mass is 10.1. The molecule has 0 bridgehead atoms. The second-order valence-electron chi connectivity index (χ2n) is 2.34. The molecule has 0 aromatic heterocycles. The Morgan fingerprint density at radius 1 is 1.36 bits per heavy atom. The molecule has 2 N–H and O–H groups in total. The van der Waals surface area contributed by atoms with Gasteiger partial charge in [-0.2, -0.15) is 0 Å². The molecular weight excluding hydrogens is 134 g/mol. The topological polar surface area (TPSA) is 26.0 Å². The minimum absolute atomic E-state index is 0.651. The van der Waals surface area contributed by atoms with Crippen molar-refractivity contribution in [2.75, 3.05) is 6.54 Å². The monoisotopic (exact) mass is 145 g/mol. The summed E-state index contributed by atoms with van der Waals surface area (Å²) in [6, 6.07) is 7.87. The third-order valence-corrected chi connectivity index (χ3v) is 1.59. The van der Waals surface area contributed by atoms with E-state index in [1.807, 2.05) is 24.3 Å². The number of nitrogens with two attached hydrogens (primary N) is 1. The Labute approximate surface area is 67.2 Å². The Morgan fingerprint density at radius 2 is 2.09 bits per heavy atom. The van der Waals surface area contributed by atoms with E-state index in [1.165, 1.54) is 0 Å². The van der Waals surface area contributed by atoms with Crippen molar-refractivity contribution in [1.82, 2.24) is 0 Å². The number of hydrogen-bond donors (Lipinski definition) is 1. The summed E-state index contributed by atoms with van der Waals surface area (Å²) in [5, 5.41) is 0. The third kappa shape index (κ3) is 1.83. The molecule has 1 nitrogen and oxygen atoms in total. The Bertz CT molecular complexity index is 270. The van der Waals surface area contributed by atoms with E-state index in [0.29, 0.717) is 6.54 Å². The Hall–Kier alpha value is -1.26. The molecule has 0 aliphatic carbocycles. The van der Waals surface area contributed by atoms with Gasteiger partial charge in [0, 0.05) is 5.56 Å². The number of hydrogen-bond acceptors (Lipinski definition) is 1. The first-order chi connectivity index (χ1) is 5.38. The largest absolute Gasteiger partial charge is 0.330 e. The maximum Gasteiger partial charge on any atom is 0.0275 e. The molecular formula is C10H11N. The molecule has 0 fully saturated rings. The normalized spacial score (nSPS) is 9.09. The van der Waals surface area contributed by atoms with E-state index in [-0.39, 0.29) is 0 Å². The van der Waals surface area contributed by atoms with Crippen molar-refractivity contribution in [1.29, 1.82) is 0 Å². The van der Waals surface area contributed by atoms with Crippen molar-refractivity contribution in [2.24, 2.45) is 5.73 Å². The molecule has 0 aliphatic rings. The lowest BCUT2D eigenvalue weighted by Gasteiger charge is -2.00. The lowest BCUT2D eigenvalue weighted by Crippen LogP contribution is -2.03. The predicted molar refractivity (Wildman–Crippen MR) is 47.1 cm³/mol. The van der Waals surface area contributed by atoms with Gasteiger partial charge in [0.1, 0.15) is 0 Å². The maximum absolute atomic E-state index is 5.42. The van der Waals surface area contributed by atoms with E-state index in [2.05, 4.69) is 5.92 Å². The van der Waals surface area contributed by atoms with Crippen LogP contribution in [0.25, 0.3) is 0 Å². The van der Waals surface area contributed by atoms with Crippen LogP contribution < -0.4 is 5.73 Å². The molecule has 1 rings (SSSR count). The smallest absolute Gasteiger partial charge is 0.0275 e. The summed E-state index contributed by atoms with van der Waals surface area (Å²) >= 11 is 0. The van der Waals surface area contributed by atoms with E-state index >= 15 is 0 Å². The van der Waals surface area contributed by atoms with Crippen molar-refractivity contribution in [3.8, 4) is 12.3 Å². The van der Waals surface area contributed by atoms with Crippen LogP contribution in [0.15, 0.2) is 24.3 Å². The van der Waals surface area contributed by atoms with E-state index in [0.717, 1.165) is 17.5 Å². The van der Waals surface area contributed by atoms with Crippen LogP contribution in [-0.4, -0.2) is 6.54 Å². The van der Waals surface area contributed by atoms with Gasteiger partial charge in [-0.05, 0) is 24.6 Å². The van der Waals surface area contributed by atoms with E-state index < -0.39 is 0 Å². The van der Waals surface area contributed by atoms with Crippen LogP contribution in [0, 0.1) is 12.3 Å². The van der Waals surface area contributed by atoms with Gasteiger partial charge >= 0.3 is 0 Å². The summed E-state index contributed by atoms with van der Waals surface area (Å²) in [7, 11) is 0. The molecule has 1 heteroatoms. The van der Waals surface area contributed by atoms with Crippen LogP contribution >= 0.6 is 0 Å². The molecule has 0 unspecified atom stereocenters. The average Bonchev–Trinajstić information content (AvgIpc) is 2.06. The van der Waals surface area contributed by atoms with Crippen LogP contribution in [0.5, 0.6) is 0 Å². The summed E-state index contributed by atoms with van der Waals surface area (Å²) in [5.41, 5.74) is 7.54. The van der Waals surface area contributed by atoms with Crippen LogP contribution in [0.2, 0.25) is 0 Å². The van der Waals surface area contributed by atoms with Crippen molar-refractivity contribution in [2.45, 2.75) is 6.42 Å². The maximum atomic E-state index is 5.42. The quantitative estimate of drug-likeness (QED) is 0.621. The third-order valence-electron chi connectivity index (χ3n) is 1.59. The zero-order valence-electron chi connectivity index (χ0n) is 6.38. The average molecular weight is 145 g/mol. The summed E-state index contributed by atoms with van der Waals surface area (Å²) in [5.74, 6) is 2.62. The standard InChI is InChI=1S/C10H11N/c1-2-9-5-3-4-6-10(9)7-8-11/h1,3-6H,7-8,11H2. The fraction of sp³-hybridized carbons (Fsp3) is 0.200. The first-order valence-electron chi connectivity index (χ1n) is 3.63.